The summed E-state index contributed by atoms with van der Waals surface area (Å²) in [5.74, 6) is 0.609. The van der Waals surface area contributed by atoms with Crippen LogP contribution in [0.2, 0.25) is 0 Å². The maximum Gasteiger partial charge on any atom is 0.153 e. The van der Waals surface area contributed by atoms with Gasteiger partial charge in [-0.2, -0.15) is 0 Å². The van der Waals surface area contributed by atoms with Crippen molar-refractivity contribution in [3.05, 3.63) is 64.1 Å². The van der Waals surface area contributed by atoms with Crippen molar-refractivity contribution in [2.24, 2.45) is 0 Å². The fraction of sp³-hybridized carbons (Fsp3) is 0.0714. The lowest BCUT2D eigenvalue weighted by atomic mass is 10.2. The molecule has 0 atom stereocenters. The first-order valence-electron chi connectivity index (χ1n) is 5.21. The number of hydrogen-bond acceptors (Lipinski definition) is 2. The molecule has 0 saturated heterocycles. The Morgan fingerprint density at radius 1 is 1.06 bits per heavy atom. The van der Waals surface area contributed by atoms with E-state index in [1.54, 1.807) is 12.1 Å². The summed E-state index contributed by atoms with van der Waals surface area (Å²) in [4.78, 5) is 10.8. The van der Waals surface area contributed by atoms with Crippen LogP contribution in [-0.4, -0.2) is 6.29 Å². The van der Waals surface area contributed by atoms with Crippen LogP contribution in [0.3, 0.4) is 0 Å². The van der Waals surface area contributed by atoms with E-state index in [0.717, 1.165) is 16.3 Å². The number of benzene rings is 2. The summed E-state index contributed by atoms with van der Waals surface area (Å²) in [7, 11) is 0. The Hall–Kier alpha value is -1.61. The molecule has 0 unspecified atom stereocenters. The third kappa shape index (κ3) is 2.94. The van der Waals surface area contributed by atoms with E-state index in [0.29, 0.717) is 17.9 Å². The summed E-state index contributed by atoms with van der Waals surface area (Å²) >= 11 is 3.46. The van der Waals surface area contributed by atoms with Gasteiger partial charge in [0.2, 0.25) is 0 Å². The predicted molar refractivity (Wildman–Crippen MR) is 70.3 cm³/mol. The Labute approximate surface area is 108 Å². The van der Waals surface area contributed by atoms with Gasteiger partial charge in [-0.05, 0) is 18.2 Å². The standard InChI is InChI=1S/C14H11BrO2/c15-13-7-3-1-6-12(13)10-17-14-8-4-2-5-11(14)9-16/h1-9H,10H2. The molecule has 0 aliphatic heterocycles. The monoisotopic (exact) mass is 290 g/mol. The molecule has 0 aliphatic carbocycles. The van der Waals surface area contributed by atoms with Crippen molar-refractivity contribution in [2.75, 3.05) is 0 Å². The molecule has 0 heterocycles. The molecule has 0 aliphatic rings. The van der Waals surface area contributed by atoms with Crippen molar-refractivity contribution in [3.8, 4) is 5.75 Å². The zero-order valence-electron chi connectivity index (χ0n) is 9.10. The number of carbonyl (C=O) groups is 1. The fourth-order valence-corrected chi connectivity index (χ4v) is 1.88. The van der Waals surface area contributed by atoms with E-state index >= 15 is 0 Å². The zero-order chi connectivity index (χ0) is 12.1. The van der Waals surface area contributed by atoms with E-state index in [2.05, 4.69) is 15.9 Å². The highest BCUT2D eigenvalue weighted by atomic mass is 79.9. The van der Waals surface area contributed by atoms with Crippen LogP contribution >= 0.6 is 15.9 Å². The summed E-state index contributed by atoms with van der Waals surface area (Å²) in [6, 6.07) is 15.0. The molecule has 2 nitrogen and oxygen atoms in total. The van der Waals surface area contributed by atoms with Crippen LogP contribution in [-0.2, 0) is 6.61 Å². The minimum Gasteiger partial charge on any atom is -0.488 e. The minimum atomic E-state index is 0.437. The van der Waals surface area contributed by atoms with Crippen LogP contribution < -0.4 is 4.74 Å². The Bertz CT molecular complexity index is 523. The number of halogens is 1. The second-order valence-electron chi connectivity index (χ2n) is 3.54. The Morgan fingerprint density at radius 2 is 1.76 bits per heavy atom. The number of para-hydroxylation sites is 1. The van der Waals surface area contributed by atoms with E-state index in [1.807, 2.05) is 36.4 Å². The Kier molecular flexibility index (Phi) is 3.94. The van der Waals surface area contributed by atoms with E-state index < -0.39 is 0 Å². The lowest BCUT2D eigenvalue weighted by Gasteiger charge is -2.09. The first kappa shape index (κ1) is 11.9. The number of ether oxygens (including phenoxy) is 1. The van der Waals surface area contributed by atoms with E-state index in [-0.39, 0.29) is 0 Å². The maximum absolute atomic E-state index is 10.8. The fourth-order valence-electron chi connectivity index (χ4n) is 1.48. The Morgan fingerprint density at radius 3 is 2.53 bits per heavy atom. The van der Waals surface area contributed by atoms with Gasteiger partial charge in [-0.3, -0.25) is 4.79 Å². The average Bonchev–Trinajstić information content (AvgIpc) is 2.38. The lowest BCUT2D eigenvalue weighted by molar-refractivity contribution is 0.111. The highest BCUT2D eigenvalue weighted by Gasteiger charge is 2.03. The molecule has 0 bridgehead atoms. The SMILES string of the molecule is O=Cc1ccccc1OCc1ccccc1Br. The van der Waals surface area contributed by atoms with Crippen LogP contribution in [0.1, 0.15) is 15.9 Å². The molecule has 0 aromatic heterocycles. The lowest BCUT2D eigenvalue weighted by Crippen LogP contribution is -1.98. The van der Waals surface area contributed by atoms with Gasteiger partial charge < -0.3 is 4.74 Å². The molecule has 2 aromatic rings. The molecule has 86 valence electrons. The smallest absolute Gasteiger partial charge is 0.153 e. The summed E-state index contributed by atoms with van der Waals surface area (Å²) in [6.07, 6.45) is 0.801. The second-order valence-corrected chi connectivity index (χ2v) is 4.39. The first-order valence-corrected chi connectivity index (χ1v) is 6.01. The summed E-state index contributed by atoms with van der Waals surface area (Å²) < 4.78 is 6.64. The number of hydrogen-bond donors (Lipinski definition) is 0. The van der Waals surface area contributed by atoms with Gasteiger partial charge in [0.05, 0.1) is 5.56 Å². The maximum atomic E-state index is 10.8. The topological polar surface area (TPSA) is 26.3 Å². The van der Waals surface area contributed by atoms with Gasteiger partial charge in [0.15, 0.2) is 6.29 Å². The quantitative estimate of drug-likeness (QED) is 0.800. The summed E-state index contributed by atoms with van der Waals surface area (Å²) in [5.41, 5.74) is 1.62. The largest absolute Gasteiger partial charge is 0.488 e. The molecule has 0 N–H and O–H groups in total. The molecule has 2 rings (SSSR count). The third-order valence-corrected chi connectivity index (χ3v) is 3.16. The molecule has 17 heavy (non-hydrogen) atoms. The molecule has 2 aromatic carbocycles. The molecule has 0 fully saturated rings. The van der Waals surface area contributed by atoms with Crippen molar-refractivity contribution in [3.63, 3.8) is 0 Å². The van der Waals surface area contributed by atoms with Crippen LogP contribution in [0.4, 0.5) is 0 Å². The van der Waals surface area contributed by atoms with Crippen LogP contribution in [0.25, 0.3) is 0 Å². The van der Waals surface area contributed by atoms with Gasteiger partial charge in [-0.15, -0.1) is 0 Å². The third-order valence-electron chi connectivity index (χ3n) is 2.39. The highest BCUT2D eigenvalue weighted by Crippen LogP contribution is 2.20. The van der Waals surface area contributed by atoms with Gasteiger partial charge in [0, 0.05) is 10.0 Å². The van der Waals surface area contributed by atoms with Crippen molar-refractivity contribution < 1.29 is 9.53 Å². The summed E-state index contributed by atoms with van der Waals surface area (Å²) in [6.45, 7) is 0.437. The van der Waals surface area contributed by atoms with Crippen molar-refractivity contribution >= 4 is 22.2 Å². The van der Waals surface area contributed by atoms with Crippen LogP contribution in [0.5, 0.6) is 5.75 Å². The predicted octanol–water partition coefficient (Wildman–Crippen LogP) is 3.84. The van der Waals surface area contributed by atoms with E-state index in [9.17, 15) is 4.79 Å². The number of aldehydes is 1. The van der Waals surface area contributed by atoms with Gasteiger partial charge in [-0.1, -0.05) is 46.3 Å². The number of rotatable bonds is 4. The van der Waals surface area contributed by atoms with Gasteiger partial charge in [0.25, 0.3) is 0 Å². The van der Waals surface area contributed by atoms with Crippen molar-refractivity contribution in [1.82, 2.24) is 0 Å². The van der Waals surface area contributed by atoms with Crippen molar-refractivity contribution in [1.29, 1.82) is 0 Å². The molecule has 0 saturated carbocycles. The Balaban J connectivity index is 2.13. The zero-order valence-corrected chi connectivity index (χ0v) is 10.7. The van der Waals surface area contributed by atoms with Gasteiger partial charge in [-0.25, -0.2) is 0 Å². The molecular weight excluding hydrogens is 280 g/mol. The summed E-state index contributed by atoms with van der Waals surface area (Å²) in [5, 5.41) is 0. The van der Waals surface area contributed by atoms with E-state index in [1.165, 1.54) is 0 Å². The van der Waals surface area contributed by atoms with Crippen LogP contribution in [0.15, 0.2) is 53.0 Å². The molecule has 0 spiro atoms. The molecular formula is C14H11BrO2. The molecule has 0 amide bonds. The minimum absolute atomic E-state index is 0.437. The molecule has 0 radical (unpaired) electrons. The highest BCUT2D eigenvalue weighted by molar-refractivity contribution is 9.10. The van der Waals surface area contributed by atoms with Gasteiger partial charge >= 0.3 is 0 Å². The molecule has 3 heteroatoms. The number of carbonyl (C=O) groups excluding carboxylic acids is 1. The average molecular weight is 291 g/mol. The second kappa shape index (κ2) is 5.64. The van der Waals surface area contributed by atoms with E-state index in [4.69, 9.17) is 4.74 Å². The first-order chi connectivity index (χ1) is 8.31. The normalized spacial score (nSPS) is 9.94. The van der Waals surface area contributed by atoms with Gasteiger partial charge in [0.1, 0.15) is 12.4 Å². The van der Waals surface area contributed by atoms with Crippen molar-refractivity contribution in [2.45, 2.75) is 6.61 Å². The van der Waals surface area contributed by atoms with Crippen LogP contribution in [0, 0.1) is 0 Å².